The Morgan fingerprint density at radius 2 is 1.97 bits per heavy atom. The minimum atomic E-state index is -0.542. The molecule has 36 heavy (non-hydrogen) atoms. The predicted molar refractivity (Wildman–Crippen MR) is 134 cm³/mol. The normalized spacial score (nSPS) is 11.4. The van der Waals surface area contributed by atoms with Crippen molar-refractivity contribution in [2.24, 2.45) is 0 Å². The van der Waals surface area contributed by atoms with Crippen LogP contribution < -0.4 is 14.2 Å². The third kappa shape index (κ3) is 4.03. The van der Waals surface area contributed by atoms with Gasteiger partial charge in [0.1, 0.15) is 34.4 Å². The van der Waals surface area contributed by atoms with Gasteiger partial charge in [-0.1, -0.05) is 0 Å². The second kappa shape index (κ2) is 8.88. The van der Waals surface area contributed by atoms with Crippen LogP contribution in [-0.2, 0) is 6.61 Å². The lowest BCUT2D eigenvalue weighted by molar-refractivity contribution is 0.303. The molecule has 0 bridgehead atoms. The van der Waals surface area contributed by atoms with Gasteiger partial charge in [-0.15, -0.1) is 16.4 Å². The third-order valence-electron chi connectivity index (χ3n) is 5.49. The highest BCUT2D eigenvalue weighted by molar-refractivity contribution is 7.18. The summed E-state index contributed by atoms with van der Waals surface area (Å²) in [6.45, 7) is 2.19. The maximum absolute atomic E-state index is 13.6. The fraction of sp³-hybridized carbons (Fsp3) is 0.167. The molecule has 0 aliphatic rings. The molecule has 182 valence electrons. The Kier molecular flexibility index (Phi) is 5.53. The van der Waals surface area contributed by atoms with Crippen molar-refractivity contribution < 1.29 is 23.0 Å². The molecule has 1 aromatic carbocycles. The standard InChI is InChI=1S/C24H18FN5O4S2/c1-12-17(27-22(35-12)13-4-5-26-21(25)6-13)11-33-18-7-14(31-2)8-19-15(18)9-20(34-19)16-10-30-23(28-16)36-24(29-30)32-3/h4-10H,11H2,1-3H3. The van der Waals surface area contributed by atoms with Gasteiger partial charge < -0.3 is 18.6 Å². The Hall–Kier alpha value is -4.03. The molecule has 0 fully saturated rings. The average molecular weight is 524 g/mol. The van der Waals surface area contributed by atoms with Gasteiger partial charge >= 0.3 is 0 Å². The van der Waals surface area contributed by atoms with E-state index in [1.165, 1.54) is 34.9 Å². The van der Waals surface area contributed by atoms with Gasteiger partial charge in [-0.25, -0.2) is 19.5 Å². The number of methoxy groups -OCH3 is 2. The van der Waals surface area contributed by atoms with Gasteiger partial charge in [-0.3, -0.25) is 0 Å². The van der Waals surface area contributed by atoms with Crippen LogP contribution in [0.5, 0.6) is 16.7 Å². The van der Waals surface area contributed by atoms with Crippen molar-refractivity contribution >= 4 is 38.6 Å². The summed E-state index contributed by atoms with van der Waals surface area (Å²) in [6.07, 6.45) is 3.21. The summed E-state index contributed by atoms with van der Waals surface area (Å²) in [4.78, 5) is 14.5. The fourth-order valence-corrected chi connectivity index (χ4v) is 5.31. The van der Waals surface area contributed by atoms with Crippen LogP contribution in [0.3, 0.4) is 0 Å². The predicted octanol–water partition coefficient (Wildman–Crippen LogP) is 5.77. The van der Waals surface area contributed by atoms with E-state index < -0.39 is 5.95 Å². The summed E-state index contributed by atoms with van der Waals surface area (Å²) < 4.78 is 38.1. The Bertz CT molecular complexity index is 1690. The topological polar surface area (TPSA) is 96.8 Å². The van der Waals surface area contributed by atoms with Crippen molar-refractivity contribution in [3.8, 4) is 38.7 Å². The summed E-state index contributed by atoms with van der Waals surface area (Å²) >= 11 is 2.82. The van der Waals surface area contributed by atoms with Crippen LogP contribution in [0, 0.1) is 12.9 Å². The third-order valence-corrected chi connectivity index (χ3v) is 7.44. The number of thiazole rings is 1. The molecular weight excluding hydrogens is 505 g/mol. The number of hydrogen-bond donors (Lipinski definition) is 0. The van der Waals surface area contributed by atoms with Crippen molar-refractivity contribution in [3.63, 3.8) is 0 Å². The lowest BCUT2D eigenvalue weighted by atomic mass is 10.2. The smallest absolute Gasteiger partial charge is 0.294 e. The number of ether oxygens (including phenoxy) is 3. The monoisotopic (exact) mass is 523 g/mol. The quantitative estimate of drug-likeness (QED) is 0.244. The van der Waals surface area contributed by atoms with Crippen molar-refractivity contribution in [1.82, 2.24) is 24.6 Å². The Morgan fingerprint density at radius 1 is 1.08 bits per heavy atom. The van der Waals surface area contributed by atoms with Gasteiger partial charge in [-0.2, -0.15) is 4.39 Å². The summed E-state index contributed by atoms with van der Waals surface area (Å²) in [5, 5.41) is 6.32. The highest BCUT2D eigenvalue weighted by Crippen LogP contribution is 2.38. The van der Waals surface area contributed by atoms with Crippen LogP contribution in [0.15, 0.2) is 47.1 Å². The van der Waals surface area contributed by atoms with Crippen LogP contribution in [0.1, 0.15) is 10.6 Å². The fourth-order valence-electron chi connectivity index (χ4n) is 3.70. The van der Waals surface area contributed by atoms with Gasteiger partial charge in [0.25, 0.3) is 5.19 Å². The second-order valence-corrected chi connectivity index (χ2v) is 9.87. The molecular formula is C24H18FN5O4S2. The number of nitrogens with zero attached hydrogens (tertiary/aromatic N) is 5. The summed E-state index contributed by atoms with van der Waals surface area (Å²) in [6, 6.07) is 8.59. The summed E-state index contributed by atoms with van der Waals surface area (Å²) in [7, 11) is 3.16. The molecule has 0 saturated carbocycles. The van der Waals surface area contributed by atoms with E-state index in [0.717, 1.165) is 16.0 Å². The van der Waals surface area contributed by atoms with Crippen LogP contribution in [0.2, 0.25) is 0 Å². The number of imidazole rings is 1. The number of furan rings is 1. The lowest BCUT2D eigenvalue weighted by Gasteiger charge is -2.08. The number of benzene rings is 1. The van der Waals surface area contributed by atoms with E-state index in [0.29, 0.717) is 49.3 Å². The molecule has 0 N–H and O–H groups in total. The molecule has 0 unspecified atom stereocenters. The number of aromatic nitrogens is 5. The maximum Gasteiger partial charge on any atom is 0.294 e. The summed E-state index contributed by atoms with van der Waals surface area (Å²) in [5.41, 5.74) is 2.68. The van der Waals surface area contributed by atoms with Crippen LogP contribution in [0.25, 0.3) is 38.0 Å². The molecule has 0 radical (unpaired) electrons. The zero-order valence-corrected chi connectivity index (χ0v) is 20.9. The number of rotatable bonds is 7. The molecule has 5 heterocycles. The SMILES string of the molecule is COc1cc(OCc2nc(-c3ccnc(F)c3)sc2C)c2cc(-c3cn4nc(OC)sc4n3)oc2c1. The van der Waals surface area contributed by atoms with Gasteiger partial charge in [0.05, 0.1) is 31.5 Å². The molecule has 9 nitrogen and oxygen atoms in total. The first kappa shape index (κ1) is 22.4. The maximum atomic E-state index is 13.6. The van der Waals surface area contributed by atoms with Crippen LogP contribution in [0.4, 0.5) is 4.39 Å². The van der Waals surface area contributed by atoms with Crippen LogP contribution in [-0.4, -0.2) is 38.8 Å². The van der Waals surface area contributed by atoms with Crippen molar-refractivity contribution in [3.05, 3.63) is 59.2 Å². The van der Waals surface area contributed by atoms with E-state index in [9.17, 15) is 4.39 Å². The van der Waals surface area contributed by atoms with Crippen molar-refractivity contribution in [2.75, 3.05) is 14.2 Å². The summed E-state index contributed by atoms with van der Waals surface area (Å²) in [5.74, 6) is 1.22. The number of halogens is 1. The number of pyridine rings is 1. The van der Waals surface area contributed by atoms with E-state index in [1.807, 2.05) is 13.0 Å². The van der Waals surface area contributed by atoms with Gasteiger partial charge in [0.15, 0.2) is 5.76 Å². The van der Waals surface area contributed by atoms with E-state index in [4.69, 9.17) is 18.6 Å². The molecule has 6 rings (SSSR count). The molecule has 0 amide bonds. The van der Waals surface area contributed by atoms with Crippen LogP contribution >= 0.6 is 22.7 Å². The Labute approximate surface area is 211 Å². The molecule has 0 aliphatic carbocycles. The largest absolute Gasteiger partial charge is 0.496 e. The zero-order valence-electron chi connectivity index (χ0n) is 19.3. The first-order valence-corrected chi connectivity index (χ1v) is 12.4. The lowest BCUT2D eigenvalue weighted by Crippen LogP contribution is -1.98. The molecule has 0 spiro atoms. The van der Waals surface area contributed by atoms with E-state index in [2.05, 4.69) is 20.1 Å². The molecule has 0 aliphatic heterocycles. The first-order valence-electron chi connectivity index (χ1n) is 10.7. The van der Waals surface area contributed by atoms with Gasteiger partial charge in [0.2, 0.25) is 10.9 Å². The molecule has 0 saturated heterocycles. The first-order chi connectivity index (χ1) is 17.5. The van der Waals surface area contributed by atoms with Gasteiger partial charge in [0, 0.05) is 34.8 Å². The van der Waals surface area contributed by atoms with Crippen molar-refractivity contribution in [2.45, 2.75) is 13.5 Å². The molecule has 0 atom stereocenters. The average Bonchev–Trinajstić information content (AvgIpc) is 3.64. The highest BCUT2D eigenvalue weighted by atomic mass is 32.1. The van der Waals surface area contributed by atoms with Gasteiger partial charge in [-0.05, 0) is 30.4 Å². The number of hydrogen-bond acceptors (Lipinski definition) is 10. The molecule has 5 aromatic heterocycles. The molecule has 6 aromatic rings. The van der Waals surface area contributed by atoms with E-state index >= 15 is 0 Å². The Morgan fingerprint density at radius 3 is 2.75 bits per heavy atom. The van der Waals surface area contributed by atoms with E-state index in [1.54, 1.807) is 43.1 Å². The van der Waals surface area contributed by atoms with E-state index in [-0.39, 0.29) is 6.61 Å². The number of aryl methyl sites for hydroxylation is 1. The molecule has 12 heteroatoms. The highest BCUT2D eigenvalue weighted by Gasteiger charge is 2.18. The zero-order chi connectivity index (χ0) is 24.8. The minimum Gasteiger partial charge on any atom is -0.496 e. The minimum absolute atomic E-state index is 0.225. The second-order valence-electron chi connectivity index (χ2n) is 7.75. The number of fused-ring (bicyclic) bond motifs is 2. The Balaban J connectivity index is 1.31. The van der Waals surface area contributed by atoms with Crippen molar-refractivity contribution in [1.29, 1.82) is 0 Å².